The Balaban J connectivity index is 1.70. The monoisotopic (exact) mass is 433 g/mol. The fourth-order valence-corrected chi connectivity index (χ4v) is 3.64. The van der Waals surface area contributed by atoms with Crippen LogP contribution in [0.3, 0.4) is 0 Å². The van der Waals surface area contributed by atoms with Gasteiger partial charge in [-0.3, -0.25) is 4.79 Å². The SMILES string of the molecule is CCN(CC)C(=O)C1CCCN(C(=O)Nc2ccc3c(c2)C(F)(F)OC(F)(F)O3)C1. The molecule has 30 heavy (non-hydrogen) atoms. The van der Waals surface area contributed by atoms with E-state index >= 15 is 0 Å². The van der Waals surface area contributed by atoms with Crippen molar-refractivity contribution in [3.8, 4) is 5.75 Å². The molecule has 11 heteroatoms. The third kappa shape index (κ3) is 4.61. The van der Waals surface area contributed by atoms with Crippen molar-refractivity contribution in [3.05, 3.63) is 23.8 Å². The number of likely N-dealkylation sites (tertiary alicyclic amines) is 1. The number of rotatable bonds is 4. The summed E-state index contributed by atoms with van der Waals surface area (Å²) >= 11 is 0. The number of halogens is 4. The second-order valence-electron chi connectivity index (χ2n) is 7.12. The second kappa shape index (κ2) is 8.29. The zero-order valence-electron chi connectivity index (χ0n) is 16.6. The highest BCUT2D eigenvalue weighted by Crippen LogP contribution is 2.46. The molecule has 0 aromatic heterocycles. The van der Waals surface area contributed by atoms with E-state index in [4.69, 9.17) is 0 Å². The van der Waals surface area contributed by atoms with Gasteiger partial charge < -0.3 is 19.9 Å². The molecule has 1 saturated heterocycles. The van der Waals surface area contributed by atoms with Gasteiger partial charge in [-0.15, -0.1) is 8.78 Å². The third-order valence-electron chi connectivity index (χ3n) is 5.15. The highest BCUT2D eigenvalue weighted by Gasteiger charge is 2.54. The molecule has 1 unspecified atom stereocenters. The van der Waals surface area contributed by atoms with Gasteiger partial charge in [-0.25, -0.2) is 9.53 Å². The van der Waals surface area contributed by atoms with E-state index < -0.39 is 29.7 Å². The number of hydrogen-bond acceptors (Lipinski definition) is 4. The first kappa shape index (κ1) is 22.1. The van der Waals surface area contributed by atoms with Crippen molar-refractivity contribution < 1.29 is 36.6 Å². The Labute approximate surface area is 170 Å². The van der Waals surface area contributed by atoms with Gasteiger partial charge in [-0.1, -0.05) is 0 Å². The Morgan fingerprint density at radius 3 is 2.60 bits per heavy atom. The molecule has 0 radical (unpaired) electrons. The first-order valence-corrected chi connectivity index (χ1v) is 9.70. The van der Waals surface area contributed by atoms with E-state index in [-0.39, 0.29) is 24.1 Å². The van der Waals surface area contributed by atoms with Gasteiger partial charge in [0.25, 0.3) is 0 Å². The summed E-state index contributed by atoms with van der Waals surface area (Å²) in [6.07, 6.45) is -7.46. The maximum absolute atomic E-state index is 13.9. The van der Waals surface area contributed by atoms with Crippen molar-refractivity contribution in [2.24, 2.45) is 5.92 Å². The molecule has 1 aromatic rings. The largest absolute Gasteiger partial charge is 0.540 e. The zero-order chi connectivity index (χ0) is 22.1. The minimum atomic E-state index is -4.46. The Morgan fingerprint density at radius 2 is 1.93 bits per heavy atom. The standard InChI is InChI=1S/C19H23F4N3O4/c1-3-25(4-2)16(27)12-6-5-9-26(11-12)17(28)24-13-7-8-15-14(10-13)18(20,21)30-19(22,23)29-15/h7-8,10,12H,3-6,9,11H2,1-2H3,(H,24,28). The van der Waals surface area contributed by atoms with Crippen LogP contribution in [0.2, 0.25) is 0 Å². The predicted molar refractivity (Wildman–Crippen MR) is 98.2 cm³/mol. The molecule has 3 rings (SSSR count). The number of benzene rings is 1. The van der Waals surface area contributed by atoms with Crippen molar-refractivity contribution >= 4 is 17.6 Å². The smallest absolute Gasteiger partial charge is 0.409 e. The molecule has 7 nitrogen and oxygen atoms in total. The average Bonchev–Trinajstić information content (AvgIpc) is 2.68. The quantitative estimate of drug-likeness (QED) is 0.734. The van der Waals surface area contributed by atoms with Gasteiger partial charge in [0.05, 0.1) is 11.5 Å². The number of nitrogens with one attached hydrogen (secondary N) is 1. The lowest BCUT2D eigenvalue weighted by atomic mass is 9.96. The lowest BCUT2D eigenvalue weighted by Crippen LogP contribution is -2.48. The maximum atomic E-state index is 13.9. The summed E-state index contributed by atoms with van der Waals surface area (Å²) in [6.45, 7) is 5.52. The number of urea groups is 1. The van der Waals surface area contributed by atoms with E-state index in [0.29, 0.717) is 32.5 Å². The third-order valence-corrected chi connectivity index (χ3v) is 5.15. The normalized spacial score (nSPS) is 21.9. The van der Waals surface area contributed by atoms with E-state index in [1.54, 1.807) is 4.90 Å². The van der Waals surface area contributed by atoms with Crippen LogP contribution in [0.4, 0.5) is 28.0 Å². The Hall–Kier alpha value is -2.56. The van der Waals surface area contributed by atoms with Crippen molar-refractivity contribution in [1.29, 1.82) is 0 Å². The molecule has 1 fully saturated rings. The average molecular weight is 433 g/mol. The maximum Gasteiger partial charge on any atom is 0.540 e. The Kier molecular flexibility index (Phi) is 6.11. The van der Waals surface area contributed by atoms with Gasteiger partial charge in [0.2, 0.25) is 5.91 Å². The second-order valence-corrected chi connectivity index (χ2v) is 7.12. The molecule has 2 heterocycles. The first-order chi connectivity index (χ1) is 14.1. The molecule has 1 atom stereocenters. The topological polar surface area (TPSA) is 71.1 Å². The summed E-state index contributed by atoms with van der Waals surface area (Å²) in [5.41, 5.74) is -0.951. The van der Waals surface area contributed by atoms with Crippen LogP contribution < -0.4 is 10.1 Å². The molecule has 1 aromatic carbocycles. The Bertz CT molecular complexity index is 817. The summed E-state index contributed by atoms with van der Waals surface area (Å²) in [6, 6.07) is 2.35. The van der Waals surface area contributed by atoms with E-state index in [1.807, 2.05) is 13.8 Å². The van der Waals surface area contributed by atoms with Crippen LogP contribution in [0.25, 0.3) is 0 Å². The van der Waals surface area contributed by atoms with Gasteiger partial charge >= 0.3 is 18.4 Å². The molecule has 0 saturated carbocycles. The number of carbonyl (C=O) groups excluding carboxylic acids is 2. The highest BCUT2D eigenvalue weighted by molar-refractivity contribution is 5.90. The van der Waals surface area contributed by atoms with Crippen LogP contribution in [-0.2, 0) is 15.6 Å². The highest BCUT2D eigenvalue weighted by atomic mass is 19.3. The predicted octanol–water partition coefficient (Wildman–Crippen LogP) is 3.81. The van der Waals surface area contributed by atoms with E-state index in [0.717, 1.165) is 12.1 Å². The van der Waals surface area contributed by atoms with Crippen LogP contribution in [0, 0.1) is 5.92 Å². The number of nitrogens with zero attached hydrogens (tertiary/aromatic N) is 2. The van der Waals surface area contributed by atoms with Crippen LogP contribution >= 0.6 is 0 Å². The van der Waals surface area contributed by atoms with Crippen LogP contribution in [0.15, 0.2) is 18.2 Å². The van der Waals surface area contributed by atoms with Crippen LogP contribution in [0.1, 0.15) is 32.3 Å². The summed E-state index contributed by atoms with van der Waals surface area (Å²) in [4.78, 5) is 28.3. The van der Waals surface area contributed by atoms with Crippen molar-refractivity contribution in [2.45, 2.75) is 39.1 Å². The number of amides is 3. The minimum Gasteiger partial charge on any atom is -0.409 e. The summed E-state index contributed by atoms with van der Waals surface area (Å²) < 4.78 is 61.5. The first-order valence-electron chi connectivity index (χ1n) is 9.70. The fourth-order valence-electron chi connectivity index (χ4n) is 3.64. The van der Waals surface area contributed by atoms with E-state index in [1.165, 1.54) is 11.0 Å². The van der Waals surface area contributed by atoms with Crippen molar-refractivity contribution in [3.63, 3.8) is 0 Å². The van der Waals surface area contributed by atoms with Crippen LogP contribution in [-0.4, -0.2) is 54.2 Å². The van der Waals surface area contributed by atoms with Gasteiger partial charge in [-0.2, -0.15) is 8.78 Å². The molecular formula is C19H23F4N3O4. The number of ether oxygens (including phenoxy) is 2. The molecule has 0 aliphatic carbocycles. The summed E-state index contributed by atoms with van der Waals surface area (Å²) in [7, 11) is 0. The lowest BCUT2D eigenvalue weighted by molar-refractivity contribution is -0.461. The van der Waals surface area contributed by atoms with E-state index in [9.17, 15) is 27.2 Å². The summed E-state index contributed by atoms with van der Waals surface area (Å²) in [5, 5.41) is 2.47. The molecule has 3 amide bonds. The van der Waals surface area contributed by atoms with Gasteiger partial charge in [0.1, 0.15) is 5.75 Å². The molecule has 0 bridgehead atoms. The van der Waals surface area contributed by atoms with Crippen LogP contribution in [0.5, 0.6) is 5.75 Å². The van der Waals surface area contributed by atoms with Gasteiger partial charge in [-0.05, 0) is 44.9 Å². The molecular weight excluding hydrogens is 410 g/mol. The molecule has 1 N–H and O–H groups in total. The minimum absolute atomic E-state index is 0.0267. The summed E-state index contributed by atoms with van der Waals surface area (Å²) in [5.74, 6) is -1.10. The zero-order valence-corrected chi connectivity index (χ0v) is 16.6. The van der Waals surface area contributed by atoms with Gasteiger partial charge in [0, 0.05) is 31.9 Å². The number of alkyl halides is 4. The molecule has 2 aliphatic heterocycles. The molecule has 0 spiro atoms. The number of hydrogen-bond donors (Lipinski definition) is 1. The lowest BCUT2D eigenvalue weighted by Gasteiger charge is -2.34. The number of piperidine rings is 1. The van der Waals surface area contributed by atoms with Crippen molar-refractivity contribution in [1.82, 2.24) is 9.80 Å². The van der Waals surface area contributed by atoms with Crippen molar-refractivity contribution in [2.75, 3.05) is 31.5 Å². The number of anilines is 1. The molecule has 166 valence electrons. The Morgan fingerprint density at radius 1 is 1.23 bits per heavy atom. The van der Waals surface area contributed by atoms with E-state index in [2.05, 4.69) is 14.8 Å². The molecule has 2 aliphatic rings. The number of fused-ring (bicyclic) bond motifs is 1. The fraction of sp³-hybridized carbons (Fsp3) is 0.579. The van der Waals surface area contributed by atoms with Gasteiger partial charge in [0.15, 0.2) is 0 Å². The number of carbonyl (C=O) groups is 2.